The van der Waals surface area contributed by atoms with Gasteiger partial charge in [0.25, 0.3) is 0 Å². The minimum Gasteiger partial charge on any atom is -0.478 e. The molecular formula is C9H4F5N3O2. The fourth-order valence-corrected chi connectivity index (χ4v) is 1.51. The van der Waals surface area contributed by atoms with Gasteiger partial charge in [-0.15, -0.1) is 5.10 Å². The molecule has 0 aliphatic rings. The van der Waals surface area contributed by atoms with Crippen LogP contribution in [0.3, 0.4) is 0 Å². The summed E-state index contributed by atoms with van der Waals surface area (Å²) in [6.07, 6.45) is -4.70. The summed E-state index contributed by atoms with van der Waals surface area (Å²) in [7, 11) is 0. The summed E-state index contributed by atoms with van der Waals surface area (Å²) in [6.45, 7) is -1.66. The molecule has 1 N–H and O–H groups in total. The summed E-state index contributed by atoms with van der Waals surface area (Å²) < 4.78 is 63.6. The number of aromatic carboxylic acids is 1. The molecule has 0 unspecified atom stereocenters. The second-order valence-corrected chi connectivity index (χ2v) is 3.59. The second kappa shape index (κ2) is 4.14. The van der Waals surface area contributed by atoms with Crippen molar-refractivity contribution < 1.29 is 31.9 Å². The van der Waals surface area contributed by atoms with E-state index in [0.717, 1.165) is 0 Å². The summed E-state index contributed by atoms with van der Waals surface area (Å²) >= 11 is 0. The number of benzene rings is 1. The number of halogens is 5. The van der Waals surface area contributed by atoms with Gasteiger partial charge in [0.1, 0.15) is 23.1 Å². The predicted molar refractivity (Wildman–Crippen MR) is 50.5 cm³/mol. The molecule has 2 aromatic rings. The Labute approximate surface area is 101 Å². The van der Waals surface area contributed by atoms with E-state index < -0.39 is 46.9 Å². The predicted octanol–water partition coefficient (Wildman–Crippen LogP) is 1.97. The van der Waals surface area contributed by atoms with Gasteiger partial charge in [-0.25, -0.2) is 18.3 Å². The summed E-state index contributed by atoms with van der Waals surface area (Å²) in [5, 5.41) is 14.8. The maximum Gasteiger partial charge on any atom is 0.408 e. The molecule has 0 atom stereocenters. The van der Waals surface area contributed by atoms with Gasteiger partial charge in [-0.1, -0.05) is 5.21 Å². The molecule has 0 radical (unpaired) electrons. The monoisotopic (exact) mass is 281 g/mol. The van der Waals surface area contributed by atoms with Crippen LogP contribution in [-0.2, 0) is 6.54 Å². The number of nitrogens with zero attached hydrogens (tertiary/aromatic N) is 3. The first-order valence-corrected chi connectivity index (χ1v) is 4.72. The molecule has 102 valence electrons. The van der Waals surface area contributed by atoms with Crippen molar-refractivity contribution >= 4 is 17.0 Å². The van der Waals surface area contributed by atoms with E-state index in [9.17, 15) is 26.7 Å². The fraction of sp³-hybridized carbons (Fsp3) is 0.222. The Morgan fingerprint density at radius 2 is 1.95 bits per heavy atom. The zero-order valence-corrected chi connectivity index (χ0v) is 8.87. The highest BCUT2D eigenvalue weighted by Gasteiger charge is 2.31. The number of carboxylic acid groups (broad SMARTS) is 1. The number of aromatic nitrogens is 3. The maximum absolute atomic E-state index is 13.6. The number of hydrogen-bond acceptors (Lipinski definition) is 3. The number of hydrogen-bond donors (Lipinski definition) is 1. The Kier molecular flexibility index (Phi) is 2.87. The Morgan fingerprint density at radius 3 is 2.47 bits per heavy atom. The number of carboxylic acids is 1. The van der Waals surface area contributed by atoms with E-state index in [2.05, 4.69) is 10.3 Å². The van der Waals surface area contributed by atoms with E-state index in [1.807, 2.05) is 0 Å². The fourth-order valence-electron chi connectivity index (χ4n) is 1.51. The molecule has 5 nitrogen and oxygen atoms in total. The van der Waals surface area contributed by atoms with Gasteiger partial charge in [-0.3, -0.25) is 0 Å². The molecule has 0 bridgehead atoms. The van der Waals surface area contributed by atoms with Crippen molar-refractivity contribution in [3.63, 3.8) is 0 Å². The van der Waals surface area contributed by atoms with Gasteiger partial charge in [0.2, 0.25) is 0 Å². The number of fused-ring (bicyclic) bond motifs is 1. The van der Waals surface area contributed by atoms with E-state index in [1.165, 1.54) is 0 Å². The lowest BCUT2D eigenvalue weighted by Crippen LogP contribution is -2.19. The molecule has 19 heavy (non-hydrogen) atoms. The molecule has 0 aliphatic heterocycles. The molecule has 1 aromatic carbocycles. The normalized spacial score (nSPS) is 12.1. The first-order chi connectivity index (χ1) is 8.70. The molecule has 1 heterocycles. The summed E-state index contributed by atoms with van der Waals surface area (Å²) in [5.74, 6) is -5.25. The molecule has 1 aromatic heterocycles. The maximum atomic E-state index is 13.6. The van der Waals surface area contributed by atoms with Crippen LogP contribution in [0, 0.1) is 11.6 Å². The first kappa shape index (κ1) is 13.2. The number of carbonyl (C=O) groups is 1. The van der Waals surface area contributed by atoms with Crippen LogP contribution in [0.25, 0.3) is 11.0 Å². The van der Waals surface area contributed by atoms with Crippen molar-refractivity contribution in [3.05, 3.63) is 23.3 Å². The third-order valence-corrected chi connectivity index (χ3v) is 2.24. The van der Waals surface area contributed by atoms with Crippen LogP contribution < -0.4 is 0 Å². The van der Waals surface area contributed by atoms with Gasteiger partial charge in [0.15, 0.2) is 11.6 Å². The standard InChI is InChI=1S/C9H4F5N3O2/c10-5-3(8(18)19)1-4-7(6(5)11)17(16-15-4)2-9(12,13)14/h1H,2H2,(H,18,19). The molecule has 0 saturated carbocycles. The average molecular weight is 281 g/mol. The Morgan fingerprint density at radius 1 is 1.32 bits per heavy atom. The van der Waals surface area contributed by atoms with Gasteiger partial charge in [0.05, 0.1) is 0 Å². The van der Waals surface area contributed by atoms with Crippen LogP contribution in [0.4, 0.5) is 22.0 Å². The average Bonchev–Trinajstić information content (AvgIpc) is 2.64. The number of rotatable bonds is 2. The summed E-state index contributed by atoms with van der Waals surface area (Å²) in [5.41, 5.74) is -2.33. The largest absolute Gasteiger partial charge is 0.478 e. The molecule has 0 aliphatic carbocycles. The Bertz CT molecular complexity index is 664. The van der Waals surface area contributed by atoms with Gasteiger partial charge in [0, 0.05) is 0 Å². The molecule has 0 spiro atoms. The molecule has 2 rings (SSSR count). The SMILES string of the molecule is O=C(O)c1cc2nnn(CC(F)(F)F)c2c(F)c1F. The summed E-state index contributed by atoms with van der Waals surface area (Å²) in [4.78, 5) is 10.6. The van der Waals surface area contributed by atoms with Gasteiger partial charge in [-0.2, -0.15) is 13.2 Å². The van der Waals surface area contributed by atoms with Gasteiger partial charge >= 0.3 is 12.1 Å². The zero-order valence-electron chi connectivity index (χ0n) is 8.87. The van der Waals surface area contributed by atoms with Gasteiger partial charge in [-0.05, 0) is 6.07 Å². The topological polar surface area (TPSA) is 68.0 Å². The smallest absolute Gasteiger partial charge is 0.408 e. The Balaban J connectivity index is 2.67. The molecule has 10 heteroatoms. The highest BCUT2D eigenvalue weighted by Crippen LogP contribution is 2.25. The lowest BCUT2D eigenvalue weighted by molar-refractivity contribution is -0.142. The van der Waals surface area contributed by atoms with E-state index in [1.54, 1.807) is 0 Å². The van der Waals surface area contributed by atoms with Crippen LogP contribution in [0.15, 0.2) is 6.07 Å². The van der Waals surface area contributed by atoms with E-state index in [-0.39, 0.29) is 4.68 Å². The van der Waals surface area contributed by atoms with Crippen molar-refractivity contribution in [2.75, 3.05) is 0 Å². The number of alkyl halides is 3. The highest BCUT2D eigenvalue weighted by atomic mass is 19.4. The molecular weight excluding hydrogens is 277 g/mol. The van der Waals surface area contributed by atoms with Crippen molar-refractivity contribution in [1.82, 2.24) is 15.0 Å². The minimum atomic E-state index is -4.70. The van der Waals surface area contributed by atoms with E-state index in [0.29, 0.717) is 6.07 Å². The molecule has 0 fully saturated rings. The highest BCUT2D eigenvalue weighted by molar-refractivity contribution is 5.92. The van der Waals surface area contributed by atoms with Crippen LogP contribution >= 0.6 is 0 Å². The van der Waals surface area contributed by atoms with Crippen LogP contribution in [0.1, 0.15) is 10.4 Å². The van der Waals surface area contributed by atoms with Crippen molar-refractivity contribution in [3.8, 4) is 0 Å². The first-order valence-electron chi connectivity index (χ1n) is 4.72. The van der Waals surface area contributed by atoms with Crippen LogP contribution in [0.2, 0.25) is 0 Å². The quantitative estimate of drug-likeness (QED) is 0.854. The third kappa shape index (κ3) is 2.33. The van der Waals surface area contributed by atoms with Crippen molar-refractivity contribution in [2.45, 2.75) is 12.7 Å². The summed E-state index contributed by atoms with van der Waals surface area (Å²) in [6, 6.07) is 0.621. The second-order valence-electron chi connectivity index (χ2n) is 3.59. The van der Waals surface area contributed by atoms with Crippen molar-refractivity contribution in [2.24, 2.45) is 0 Å². The molecule has 0 saturated heterocycles. The van der Waals surface area contributed by atoms with Crippen molar-refractivity contribution in [1.29, 1.82) is 0 Å². The lowest BCUT2D eigenvalue weighted by Gasteiger charge is -2.07. The Hall–Kier alpha value is -2.26. The molecule has 0 amide bonds. The minimum absolute atomic E-state index is 0.124. The zero-order chi connectivity index (χ0) is 14.4. The van der Waals surface area contributed by atoms with Crippen LogP contribution in [0.5, 0.6) is 0 Å². The van der Waals surface area contributed by atoms with E-state index >= 15 is 0 Å². The third-order valence-electron chi connectivity index (χ3n) is 2.24. The lowest BCUT2D eigenvalue weighted by atomic mass is 10.1. The van der Waals surface area contributed by atoms with Gasteiger partial charge < -0.3 is 5.11 Å². The van der Waals surface area contributed by atoms with E-state index in [4.69, 9.17) is 5.11 Å². The van der Waals surface area contributed by atoms with Crippen LogP contribution in [-0.4, -0.2) is 32.2 Å².